The van der Waals surface area contributed by atoms with Gasteiger partial charge in [0.05, 0.1) is 6.04 Å². The van der Waals surface area contributed by atoms with Crippen LogP contribution in [0.4, 0.5) is 0 Å². The molecule has 0 spiro atoms. The Morgan fingerprint density at radius 2 is 2.11 bits per heavy atom. The quantitative estimate of drug-likeness (QED) is 0.772. The number of hydrogen-bond donors (Lipinski definition) is 2. The SMILES string of the molecule is CCC(C)C(NC(=O)C1CCCCN1C)C(=O)O. The summed E-state index contributed by atoms with van der Waals surface area (Å²) in [6.45, 7) is 4.68. The maximum absolute atomic E-state index is 12.1. The van der Waals surface area contributed by atoms with Crippen molar-refractivity contribution >= 4 is 11.9 Å². The number of nitrogens with zero attached hydrogens (tertiary/aromatic N) is 1. The Morgan fingerprint density at radius 3 is 2.61 bits per heavy atom. The molecule has 1 rings (SSSR count). The highest BCUT2D eigenvalue weighted by Gasteiger charge is 2.31. The van der Waals surface area contributed by atoms with Crippen molar-refractivity contribution in [1.82, 2.24) is 10.2 Å². The maximum Gasteiger partial charge on any atom is 0.326 e. The molecule has 0 radical (unpaired) electrons. The van der Waals surface area contributed by atoms with Gasteiger partial charge in [-0.2, -0.15) is 0 Å². The molecule has 0 aromatic rings. The van der Waals surface area contributed by atoms with E-state index in [4.69, 9.17) is 5.11 Å². The van der Waals surface area contributed by atoms with Crippen LogP contribution in [0.1, 0.15) is 39.5 Å². The first-order valence-electron chi connectivity index (χ1n) is 6.70. The molecule has 104 valence electrons. The number of likely N-dealkylation sites (N-methyl/N-ethyl adjacent to an activating group) is 1. The average Bonchev–Trinajstić information content (AvgIpc) is 2.35. The summed E-state index contributed by atoms with van der Waals surface area (Å²) in [6, 6.07) is -0.956. The van der Waals surface area contributed by atoms with Crippen LogP contribution in [-0.4, -0.2) is 47.6 Å². The van der Waals surface area contributed by atoms with Crippen LogP contribution >= 0.6 is 0 Å². The van der Waals surface area contributed by atoms with Gasteiger partial charge in [-0.25, -0.2) is 4.79 Å². The zero-order valence-electron chi connectivity index (χ0n) is 11.5. The summed E-state index contributed by atoms with van der Waals surface area (Å²) < 4.78 is 0. The fourth-order valence-corrected chi connectivity index (χ4v) is 2.34. The Labute approximate surface area is 109 Å². The standard InChI is InChI=1S/C13H24N2O3/c1-4-9(2)11(13(17)18)14-12(16)10-7-5-6-8-15(10)3/h9-11H,4-8H2,1-3H3,(H,14,16)(H,17,18). The second-order valence-electron chi connectivity index (χ2n) is 5.20. The summed E-state index contributed by atoms with van der Waals surface area (Å²) in [4.78, 5) is 25.3. The molecule has 1 aliphatic rings. The van der Waals surface area contributed by atoms with Crippen LogP contribution in [0.15, 0.2) is 0 Å². The lowest BCUT2D eigenvalue weighted by Gasteiger charge is -2.32. The fraction of sp³-hybridized carbons (Fsp3) is 0.846. The number of nitrogens with one attached hydrogen (secondary N) is 1. The summed E-state index contributed by atoms with van der Waals surface area (Å²) >= 11 is 0. The molecule has 1 saturated heterocycles. The van der Waals surface area contributed by atoms with Crippen molar-refractivity contribution in [3.8, 4) is 0 Å². The number of amides is 1. The smallest absolute Gasteiger partial charge is 0.326 e. The van der Waals surface area contributed by atoms with Crippen molar-refractivity contribution < 1.29 is 14.7 Å². The molecule has 2 N–H and O–H groups in total. The molecule has 1 aliphatic heterocycles. The molecule has 3 unspecified atom stereocenters. The number of rotatable bonds is 5. The summed E-state index contributed by atoms with van der Waals surface area (Å²) in [5.74, 6) is -1.15. The van der Waals surface area contributed by atoms with Crippen molar-refractivity contribution in [2.75, 3.05) is 13.6 Å². The molecule has 0 aromatic carbocycles. The van der Waals surface area contributed by atoms with Crippen LogP contribution < -0.4 is 5.32 Å². The van der Waals surface area contributed by atoms with Gasteiger partial charge in [0.1, 0.15) is 6.04 Å². The fourth-order valence-electron chi connectivity index (χ4n) is 2.34. The largest absolute Gasteiger partial charge is 0.480 e. The van der Waals surface area contributed by atoms with E-state index in [0.717, 1.165) is 32.2 Å². The van der Waals surface area contributed by atoms with E-state index < -0.39 is 12.0 Å². The van der Waals surface area contributed by atoms with E-state index in [1.54, 1.807) is 0 Å². The minimum Gasteiger partial charge on any atom is -0.480 e. The van der Waals surface area contributed by atoms with Crippen molar-refractivity contribution in [2.45, 2.75) is 51.6 Å². The molecule has 0 saturated carbocycles. The monoisotopic (exact) mass is 256 g/mol. The zero-order chi connectivity index (χ0) is 13.7. The first-order valence-corrected chi connectivity index (χ1v) is 6.70. The number of carboxylic acids is 1. The molecular weight excluding hydrogens is 232 g/mol. The zero-order valence-corrected chi connectivity index (χ0v) is 11.5. The van der Waals surface area contributed by atoms with Crippen LogP contribution in [0.2, 0.25) is 0 Å². The average molecular weight is 256 g/mol. The Balaban J connectivity index is 2.63. The highest BCUT2D eigenvalue weighted by atomic mass is 16.4. The van der Waals surface area contributed by atoms with Gasteiger partial charge < -0.3 is 10.4 Å². The van der Waals surface area contributed by atoms with E-state index in [-0.39, 0.29) is 17.9 Å². The van der Waals surface area contributed by atoms with Gasteiger partial charge >= 0.3 is 5.97 Å². The van der Waals surface area contributed by atoms with Crippen molar-refractivity contribution in [1.29, 1.82) is 0 Å². The van der Waals surface area contributed by atoms with Gasteiger partial charge in [-0.05, 0) is 32.4 Å². The molecule has 0 aliphatic carbocycles. The molecule has 5 heteroatoms. The number of carbonyl (C=O) groups is 2. The molecule has 5 nitrogen and oxygen atoms in total. The second kappa shape index (κ2) is 6.73. The number of carbonyl (C=O) groups excluding carboxylic acids is 1. The van der Waals surface area contributed by atoms with Gasteiger partial charge in [0, 0.05) is 0 Å². The van der Waals surface area contributed by atoms with Gasteiger partial charge in [0.2, 0.25) is 5.91 Å². The second-order valence-corrected chi connectivity index (χ2v) is 5.20. The normalized spacial score (nSPS) is 24.3. The molecule has 1 heterocycles. The van der Waals surface area contributed by atoms with E-state index >= 15 is 0 Å². The Kier molecular flexibility index (Phi) is 5.59. The molecule has 1 fully saturated rings. The summed E-state index contributed by atoms with van der Waals surface area (Å²) in [5, 5.41) is 11.8. The first-order chi connectivity index (χ1) is 8.47. The third-order valence-corrected chi connectivity index (χ3v) is 3.85. The van der Waals surface area contributed by atoms with Gasteiger partial charge in [-0.15, -0.1) is 0 Å². The molecule has 0 aromatic heterocycles. The number of piperidine rings is 1. The molecule has 18 heavy (non-hydrogen) atoms. The first kappa shape index (κ1) is 15.0. The van der Waals surface area contributed by atoms with Gasteiger partial charge in [-0.1, -0.05) is 26.7 Å². The minimum absolute atomic E-state index is 0.0552. The number of aliphatic carboxylic acids is 1. The van der Waals surface area contributed by atoms with Crippen molar-refractivity contribution in [3.05, 3.63) is 0 Å². The molecule has 0 bridgehead atoms. The minimum atomic E-state index is -0.948. The molecule has 1 amide bonds. The number of likely N-dealkylation sites (tertiary alicyclic amines) is 1. The summed E-state index contributed by atoms with van der Waals surface area (Å²) in [6.07, 6.45) is 3.68. The lowest BCUT2D eigenvalue weighted by atomic mass is 9.97. The third-order valence-electron chi connectivity index (χ3n) is 3.85. The van der Waals surface area contributed by atoms with E-state index in [0.29, 0.717) is 0 Å². The van der Waals surface area contributed by atoms with Gasteiger partial charge in [0.25, 0.3) is 0 Å². The van der Waals surface area contributed by atoms with E-state index in [1.165, 1.54) is 0 Å². The van der Waals surface area contributed by atoms with E-state index in [2.05, 4.69) is 5.32 Å². The van der Waals surface area contributed by atoms with Crippen LogP contribution in [0.25, 0.3) is 0 Å². The number of carboxylic acid groups (broad SMARTS) is 1. The Hall–Kier alpha value is -1.10. The van der Waals surface area contributed by atoms with Crippen LogP contribution in [0.5, 0.6) is 0 Å². The molecular formula is C13H24N2O3. The number of hydrogen-bond acceptors (Lipinski definition) is 3. The molecule has 3 atom stereocenters. The van der Waals surface area contributed by atoms with Crippen molar-refractivity contribution in [3.63, 3.8) is 0 Å². The van der Waals surface area contributed by atoms with Crippen LogP contribution in [0.3, 0.4) is 0 Å². The Bertz CT molecular complexity index is 307. The highest BCUT2D eigenvalue weighted by Crippen LogP contribution is 2.16. The summed E-state index contributed by atoms with van der Waals surface area (Å²) in [7, 11) is 1.92. The van der Waals surface area contributed by atoms with Crippen molar-refractivity contribution in [2.24, 2.45) is 5.92 Å². The third kappa shape index (κ3) is 3.70. The van der Waals surface area contributed by atoms with Gasteiger partial charge in [-0.3, -0.25) is 9.69 Å². The van der Waals surface area contributed by atoms with Crippen LogP contribution in [0, 0.1) is 5.92 Å². The lowest BCUT2D eigenvalue weighted by Crippen LogP contribution is -2.53. The maximum atomic E-state index is 12.1. The van der Waals surface area contributed by atoms with Gasteiger partial charge in [0.15, 0.2) is 0 Å². The topological polar surface area (TPSA) is 69.6 Å². The van der Waals surface area contributed by atoms with E-state index in [9.17, 15) is 9.59 Å². The predicted molar refractivity (Wildman–Crippen MR) is 69.3 cm³/mol. The van der Waals surface area contributed by atoms with Crippen LogP contribution in [-0.2, 0) is 9.59 Å². The predicted octanol–water partition coefficient (Wildman–Crippen LogP) is 1.09. The Morgan fingerprint density at radius 1 is 1.44 bits per heavy atom. The van der Waals surface area contributed by atoms with E-state index in [1.807, 2.05) is 25.8 Å². The highest BCUT2D eigenvalue weighted by molar-refractivity contribution is 5.87. The summed E-state index contributed by atoms with van der Waals surface area (Å²) in [5.41, 5.74) is 0. The lowest BCUT2D eigenvalue weighted by molar-refractivity contribution is -0.144.